The van der Waals surface area contributed by atoms with Gasteiger partial charge in [0, 0.05) is 6.54 Å². The van der Waals surface area contributed by atoms with E-state index in [0.717, 1.165) is 11.8 Å². The highest BCUT2D eigenvalue weighted by Crippen LogP contribution is 2.21. The zero-order chi connectivity index (χ0) is 9.80. The van der Waals surface area contributed by atoms with Gasteiger partial charge in [-0.05, 0) is 57.3 Å². The normalized spacial score (nSPS) is 31.1. The highest BCUT2D eigenvalue weighted by molar-refractivity contribution is 4.78. The molecule has 0 unspecified atom stereocenters. The molecular formula is C12H24N2. The molecule has 2 fully saturated rings. The lowest BCUT2D eigenvalue weighted by Crippen LogP contribution is -2.37. The fourth-order valence-electron chi connectivity index (χ4n) is 2.81. The molecule has 0 aromatic heterocycles. The van der Waals surface area contributed by atoms with Gasteiger partial charge in [0.25, 0.3) is 0 Å². The van der Waals surface area contributed by atoms with Gasteiger partial charge >= 0.3 is 0 Å². The van der Waals surface area contributed by atoms with E-state index in [-0.39, 0.29) is 0 Å². The van der Waals surface area contributed by atoms with Gasteiger partial charge < -0.3 is 10.2 Å². The number of nitrogens with zero attached hydrogens (tertiary/aromatic N) is 1. The molecule has 0 aliphatic carbocycles. The summed E-state index contributed by atoms with van der Waals surface area (Å²) in [5, 5.41) is 3.46. The van der Waals surface area contributed by atoms with E-state index >= 15 is 0 Å². The summed E-state index contributed by atoms with van der Waals surface area (Å²) in [5.74, 6) is 1.96. The van der Waals surface area contributed by atoms with Crippen molar-refractivity contribution in [3.63, 3.8) is 0 Å². The molecule has 82 valence electrons. The Morgan fingerprint density at radius 1 is 1.14 bits per heavy atom. The molecule has 2 heteroatoms. The lowest BCUT2D eigenvalue weighted by molar-refractivity contribution is 0.162. The van der Waals surface area contributed by atoms with E-state index in [1.54, 1.807) is 0 Å². The van der Waals surface area contributed by atoms with E-state index in [1.165, 1.54) is 58.4 Å². The van der Waals surface area contributed by atoms with Crippen LogP contribution in [0, 0.1) is 11.8 Å². The van der Waals surface area contributed by atoms with Crippen LogP contribution in [0.15, 0.2) is 0 Å². The first-order valence-electron chi connectivity index (χ1n) is 6.31. The Kier molecular flexibility index (Phi) is 3.82. The predicted octanol–water partition coefficient (Wildman–Crippen LogP) is 1.72. The minimum atomic E-state index is 0.938. The third kappa shape index (κ3) is 2.71. The predicted molar refractivity (Wildman–Crippen MR) is 60.4 cm³/mol. The van der Waals surface area contributed by atoms with Crippen LogP contribution in [-0.2, 0) is 0 Å². The molecule has 2 rings (SSSR count). The van der Waals surface area contributed by atoms with Gasteiger partial charge in [0.2, 0.25) is 0 Å². The topological polar surface area (TPSA) is 15.3 Å². The summed E-state index contributed by atoms with van der Waals surface area (Å²) >= 11 is 0. The SMILES string of the molecule is CCC1CCN(C[C@@H]2CCNC2)CC1. The molecule has 2 nitrogen and oxygen atoms in total. The first kappa shape index (κ1) is 10.4. The van der Waals surface area contributed by atoms with Crippen molar-refractivity contribution >= 4 is 0 Å². The average molecular weight is 196 g/mol. The second-order valence-corrected chi connectivity index (χ2v) is 5.01. The molecule has 14 heavy (non-hydrogen) atoms. The van der Waals surface area contributed by atoms with Gasteiger partial charge in [-0.25, -0.2) is 0 Å². The summed E-state index contributed by atoms with van der Waals surface area (Å²) in [5.41, 5.74) is 0. The van der Waals surface area contributed by atoms with E-state index in [0.29, 0.717) is 0 Å². The number of hydrogen-bond donors (Lipinski definition) is 1. The second kappa shape index (κ2) is 5.13. The summed E-state index contributed by atoms with van der Waals surface area (Å²) in [6.07, 6.45) is 5.67. The van der Waals surface area contributed by atoms with Gasteiger partial charge in [-0.2, -0.15) is 0 Å². The van der Waals surface area contributed by atoms with Crippen molar-refractivity contribution < 1.29 is 0 Å². The van der Waals surface area contributed by atoms with Crippen LogP contribution in [0.5, 0.6) is 0 Å². The molecule has 0 aromatic rings. The van der Waals surface area contributed by atoms with Gasteiger partial charge in [-0.1, -0.05) is 13.3 Å². The van der Waals surface area contributed by atoms with Crippen molar-refractivity contribution in [3.8, 4) is 0 Å². The fraction of sp³-hybridized carbons (Fsp3) is 1.00. The van der Waals surface area contributed by atoms with Crippen LogP contribution in [0.3, 0.4) is 0 Å². The molecule has 2 aliphatic rings. The lowest BCUT2D eigenvalue weighted by atomic mass is 9.94. The molecule has 0 amide bonds. The standard InChI is InChI=1S/C12H24N2/c1-2-11-4-7-14(8-5-11)10-12-3-6-13-9-12/h11-13H,2-10H2,1H3/t12-/m1/s1. The third-order valence-corrected chi connectivity index (χ3v) is 3.96. The van der Waals surface area contributed by atoms with Crippen molar-refractivity contribution in [2.45, 2.75) is 32.6 Å². The molecule has 0 spiro atoms. The van der Waals surface area contributed by atoms with Gasteiger partial charge in [0.1, 0.15) is 0 Å². The number of likely N-dealkylation sites (tertiary alicyclic amines) is 1. The molecule has 2 saturated heterocycles. The maximum atomic E-state index is 3.46. The Labute approximate surface area is 88.1 Å². The first-order valence-corrected chi connectivity index (χ1v) is 6.31. The Bertz CT molecular complexity index is 156. The summed E-state index contributed by atoms with van der Waals surface area (Å²) in [6, 6.07) is 0. The maximum Gasteiger partial charge on any atom is 0.00223 e. The van der Waals surface area contributed by atoms with Crippen molar-refractivity contribution in [2.75, 3.05) is 32.7 Å². The zero-order valence-corrected chi connectivity index (χ0v) is 9.47. The fourth-order valence-corrected chi connectivity index (χ4v) is 2.81. The number of piperidine rings is 1. The first-order chi connectivity index (χ1) is 6.88. The molecule has 0 bridgehead atoms. The van der Waals surface area contributed by atoms with Crippen LogP contribution in [0.4, 0.5) is 0 Å². The zero-order valence-electron chi connectivity index (χ0n) is 9.47. The highest BCUT2D eigenvalue weighted by atomic mass is 15.1. The summed E-state index contributed by atoms with van der Waals surface area (Å²) in [6.45, 7) is 8.90. The van der Waals surface area contributed by atoms with E-state index in [1.807, 2.05) is 0 Å². The van der Waals surface area contributed by atoms with Crippen LogP contribution < -0.4 is 5.32 Å². The largest absolute Gasteiger partial charge is 0.316 e. The minimum Gasteiger partial charge on any atom is -0.316 e. The Morgan fingerprint density at radius 2 is 1.93 bits per heavy atom. The van der Waals surface area contributed by atoms with E-state index in [9.17, 15) is 0 Å². The van der Waals surface area contributed by atoms with Gasteiger partial charge in [0.15, 0.2) is 0 Å². The van der Waals surface area contributed by atoms with E-state index in [2.05, 4.69) is 17.1 Å². The Hall–Kier alpha value is -0.0800. The quantitative estimate of drug-likeness (QED) is 0.739. The Morgan fingerprint density at radius 3 is 2.50 bits per heavy atom. The van der Waals surface area contributed by atoms with Crippen LogP contribution in [0.25, 0.3) is 0 Å². The monoisotopic (exact) mass is 196 g/mol. The summed E-state index contributed by atoms with van der Waals surface area (Å²) in [4.78, 5) is 2.68. The van der Waals surface area contributed by atoms with Gasteiger partial charge in [-0.15, -0.1) is 0 Å². The van der Waals surface area contributed by atoms with Crippen LogP contribution in [0.2, 0.25) is 0 Å². The summed E-state index contributed by atoms with van der Waals surface area (Å²) in [7, 11) is 0. The van der Waals surface area contributed by atoms with Crippen molar-refractivity contribution in [1.82, 2.24) is 10.2 Å². The average Bonchev–Trinajstić information content (AvgIpc) is 2.72. The third-order valence-electron chi connectivity index (χ3n) is 3.96. The minimum absolute atomic E-state index is 0.938. The molecule has 1 atom stereocenters. The molecule has 0 aromatic carbocycles. The second-order valence-electron chi connectivity index (χ2n) is 5.01. The molecule has 0 saturated carbocycles. The maximum absolute atomic E-state index is 3.46. The van der Waals surface area contributed by atoms with Crippen LogP contribution >= 0.6 is 0 Å². The lowest BCUT2D eigenvalue weighted by Gasteiger charge is -2.32. The smallest absolute Gasteiger partial charge is 0.00223 e. The summed E-state index contributed by atoms with van der Waals surface area (Å²) < 4.78 is 0. The van der Waals surface area contributed by atoms with Crippen LogP contribution in [0.1, 0.15) is 32.6 Å². The van der Waals surface area contributed by atoms with E-state index in [4.69, 9.17) is 0 Å². The van der Waals surface area contributed by atoms with Crippen LogP contribution in [-0.4, -0.2) is 37.6 Å². The molecule has 0 radical (unpaired) electrons. The molecular weight excluding hydrogens is 172 g/mol. The van der Waals surface area contributed by atoms with Crippen molar-refractivity contribution in [3.05, 3.63) is 0 Å². The van der Waals surface area contributed by atoms with Crippen molar-refractivity contribution in [2.24, 2.45) is 11.8 Å². The molecule has 1 N–H and O–H groups in total. The number of rotatable bonds is 3. The van der Waals surface area contributed by atoms with Gasteiger partial charge in [0.05, 0.1) is 0 Å². The molecule has 2 heterocycles. The Balaban J connectivity index is 1.67. The van der Waals surface area contributed by atoms with Gasteiger partial charge in [-0.3, -0.25) is 0 Å². The van der Waals surface area contributed by atoms with Crippen molar-refractivity contribution in [1.29, 1.82) is 0 Å². The van der Waals surface area contributed by atoms with E-state index < -0.39 is 0 Å². The number of nitrogens with one attached hydrogen (secondary N) is 1. The highest BCUT2D eigenvalue weighted by Gasteiger charge is 2.22. The number of hydrogen-bond acceptors (Lipinski definition) is 2. The molecule has 2 aliphatic heterocycles.